The maximum absolute atomic E-state index is 10.9. The lowest BCUT2D eigenvalue weighted by molar-refractivity contribution is -0.393. The van der Waals surface area contributed by atoms with Crippen molar-refractivity contribution in [2.45, 2.75) is 0 Å². The van der Waals surface area contributed by atoms with Crippen molar-refractivity contribution in [2.75, 3.05) is 5.43 Å². The van der Waals surface area contributed by atoms with Gasteiger partial charge in [0.25, 0.3) is 5.69 Å². The molecule has 0 atom stereocenters. The number of benzene rings is 1. The predicted molar refractivity (Wildman–Crippen MR) is 76.4 cm³/mol. The first-order chi connectivity index (χ1) is 9.99. The van der Waals surface area contributed by atoms with E-state index < -0.39 is 15.5 Å². The van der Waals surface area contributed by atoms with Gasteiger partial charge in [-0.15, -0.1) is 0 Å². The molecular formula is C12H11N5O4. The molecule has 0 saturated heterocycles. The first kappa shape index (κ1) is 14.2. The van der Waals surface area contributed by atoms with Gasteiger partial charge in [0.05, 0.1) is 27.8 Å². The molecule has 1 N–H and O–H groups in total. The molecule has 1 heterocycles. The second-order valence-electron chi connectivity index (χ2n) is 4.13. The number of hydrogen-bond donors (Lipinski definition) is 1. The van der Waals surface area contributed by atoms with Gasteiger partial charge in [0.2, 0.25) is 0 Å². The molecule has 0 aliphatic carbocycles. The van der Waals surface area contributed by atoms with Crippen LogP contribution in [0.25, 0.3) is 0 Å². The van der Waals surface area contributed by atoms with Crippen molar-refractivity contribution < 1.29 is 9.85 Å². The maximum Gasteiger partial charge on any atom is 0.301 e. The quantitative estimate of drug-likeness (QED) is 0.515. The van der Waals surface area contributed by atoms with Crippen LogP contribution in [0.3, 0.4) is 0 Å². The molecule has 0 bridgehead atoms. The van der Waals surface area contributed by atoms with Crippen LogP contribution in [0.2, 0.25) is 0 Å². The van der Waals surface area contributed by atoms with E-state index in [1.807, 2.05) is 29.9 Å². The summed E-state index contributed by atoms with van der Waals surface area (Å²) in [4.78, 5) is 20.2. The molecule has 0 aliphatic rings. The Balaban J connectivity index is 2.23. The van der Waals surface area contributed by atoms with E-state index >= 15 is 0 Å². The minimum Gasteiger partial charge on any atom is -0.350 e. The van der Waals surface area contributed by atoms with Gasteiger partial charge >= 0.3 is 5.69 Å². The Kier molecular flexibility index (Phi) is 3.93. The summed E-state index contributed by atoms with van der Waals surface area (Å²) in [5.41, 5.74) is 2.64. The average Bonchev–Trinajstić information content (AvgIpc) is 2.84. The average molecular weight is 289 g/mol. The van der Waals surface area contributed by atoms with E-state index in [1.165, 1.54) is 18.3 Å². The van der Waals surface area contributed by atoms with Crippen molar-refractivity contribution in [3.8, 4) is 0 Å². The summed E-state index contributed by atoms with van der Waals surface area (Å²) in [7, 11) is 1.83. The molecule has 9 nitrogen and oxygen atoms in total. The summed E-state index contributed by atoms with van der Waals surface area (Å²) in [5, 5.41) is 25.4. The molecule has 2 aromatic rings. The largest absolute Gasteiger partial charge is 0.350 e. The lowest BCUT2D eigenvalue weighted by Crippen LogP contribution is -2.00. The van der Waals surface area contributed by atoms with E-state index in [0.29, 0.717) is 0 Å². The van der Waals surface area contributed by atoms with Gasteiger partial charge in [0, 0.05) is 19.3 Å². The molecule has 9 heteroatoms. The van der Waals surface area contributed by atoms with Gasteiger partial charge in [-0.25, -0.2) is 0 Å². The molecule has 0 aliphatic heterocycles. The summed E-state index contributed by atoms with van der Waals surface area (Å²) >= 11 is 0. The molecule has 1 aromatic carbocycles. The number of rotatable bonds is 5. The smallest absolute Gasteiger partial charge is 0.301 e. The highest BCUT2D eigenvalue weighted by Gasteiger charge is 2.18. The van der Waals surface area contributed by atoms with Crippen molar-refractivity contribution in [1.29, 1.82) is 0 Å². The number of nitrogens with one attached hydrogen (secondary N) is 1. The standard InChI is InChI=1S/C12H11N5O4/c1-15-6-2-3-10(15)8-13-14-11-5-4-9(16(18)19)7-12(11)17(20)21/h2-8,14H,1H3/b13-8+. The van der Waals surface area contributed by atoms with Crippen LogP contribution in [0.15, 0.2) is 41.6 Å². The van der Waals surface area contributed by atoms with Crippen LogP contribution in [-0.2, 0) is 7.05 Å². The van der Waals surface area contributed by atoms with E-state index in [-0.39, 0.29) is 11.4 Å². The zero-order chi connectivity index (χ0) is 15.4. The molecule has 0 spiro atoms. The molecule has 21 heavy (non-hydrogen) atoms. The third kappa shape index (κ3) is 3.21. The van der Waals surface area contributed by atoms with Gasteiger partial charge in [-0.3, -0.25) is 25.7 Å². The van der Waals surface area contributed by atoms with Crippen molar-refractivity contribution in [3.63, 3.8) is 0 Å². The molecular weight excluding hydrogens is 278 g/mol. The van der Waals surface area contributed by atoms with Gasteiger partial charge in [0.15, 0.2) is 0 Å². The third-order valence-corrected chi connectivity index (χ3v) is 2.75. The molecule has 0 saturated carbocycles. The molecule has 2 rings (SSSR count). The topological polar surface area (TPSA) is 116 Å². The minimum absolute atomic E-state index is 0.0797. The number of anilines is 1. The molecule has 0 radical (unpaired) electrons. The zero-order valence-electron chi connectivity index (χ0n) is 11.0. The van der Waals surface area contributed by atoms with Crippen molar-refractivity contribution in [1.82, 2.24) is 4.57 Å². The molecule has 1 aromatic heterocycles. The van der Waals surface area contributed by atoms with Gasteiger partial charge in [0.1, 0.15) is 5.69 Å². The van der Waals surface area contributed by atoms with E-state index in [1.54, 1.807) is 0 Å². The monoisotopic (exact) mass is 289 g/mol. The second-order valence-corrected chi connectivity index (χ2v) is 4.13. The van der Waals surface area contributed by atoms with E-state index in [4.69, 9.17) is 0 Å². The Morgan fingerprint density at radius 3 is 2.57 bits per heavy atom. The van der Waals surface area contributed by atoms with Crippen molar-refractivity contribution >= 4 is 23.3 Å². The van der Waals surface area contributed by atoms with Crippen LogP contribution < -0.4 is 5.43 Å². The Hall–Kier alpha value is -3.23. The fourth-order valence-electron chi connectivity index (χ4n) is 1.66. The highest BCUT2D eigenvalue weighted by molar-refractivity contribution is 5.78. The Bertz CT molecular complexity index is 722. The number of nitro benzene ring substituents is 2. The van der Waals surface area contributed by atoms with Crippen LogP contribution in [-0.4, -0.2) is 20.6 Å². The van der Waals surface area contributed by atoms with Gasteiger partial charge in [-0.05, 0) is 18.2 Å². The molecule has 0 unspecified atom stereocenters. The SMILES string of the molecule is Cn1cccc1/C=N/Nc1ccc([N+](=O)[O-])cc1[N+](=O)[O-]. The lowest BCUT2D eigenvalue weighted by Gasteiger charge is -2.02. The van der Waals surface area contributed by atoms with E-state index in [2.05, 4.69) is 10.5 Å². The maximum atomic E-state index is 10.9. The van der Waals surface area contributed by atoms with Crippen molar-refractivity contribution in [3.05, 3.63) is 62.5 Å². The van der Waals surface area contributed by atoms with Crippen LogP contribution in [0.4, 0.5) is 17.1 Å². The first-order valence-electron chi connectivity index (χ1n) is 5.82. The number of hydrogen-bond acceptors (Lipinski definition) is 6. The summed E-state index contributed by atoms with van der Waals surface area (Å²) in [5.74, 6) is 0. The first-order valence-corrected chi connectivity index (χ1v) is 5.82. The Morgan fingerprint density at radius 1 is 1.24 bits per heavy atom. The number of aryl methyl sites for hydroxylation is 1. The van der Waals surface area contributed by atoms with Crippen LogP contribution >= 0.6 is 0 Å². The Morgan fingerprint density at radius 2 is 2.00 bits per heavy atom. The van der Waals surface area contributed by atoms with Gasteiger partial charge in [-0.2, -0.15) is 5.10 Å². The zero-order valence-corrected chi connectivity index (χ0v) is 11.0. The number of nitrogens with zero attached hydrogens (tertiary/aromatic N) is 4. The second kappa shape index (κ2) is 5.82. The van der Waals surface area contributed by atoms with E-state index in [9.17, 15) is 20.2 Å². The summed E-state index contributed by atoms with van der Waals surface area (Å²) < 4.78 is 1.81. The van der Waals surface area contributed by atoms with Crippen LogP contribution in [0.1, 0.15) is 5.69 Å². The molecule has 0 fully saturated rings. The number of aromatic nitrogens is 1. The molecule has 108 valence electrons. The lowest BCUT2D eigenvalue weighted by atomic mass is 10.2. The highest BCUT2D eigenvalue weighted by Crippen LogP contribution is 2.28. The number of nitro groups is 2. The van der Waals surface area contributed by atoms with Crippen LogP contribution in [0.5, 0.6) is 0 Å². The summed E-state index contributed by atoms with van der Waals surface area (Å²) in [6.45, 7) is 0. The van der Waals surface area contributed by atoms with Gasteiger partial charge < -0.3 is 4.57 Å². The fourth-order valence-corrected chi connectivity index (χ4v) is 1.66. The third-order valence-electron chi connectivity index (χ3n) is 2.75. The Labute approximate surface area is 118 Å². The summed E-state index contributed by atoms with van der Waals surface area (Å²) in [6, 6.07) is 6.96. The normalized spacial score (nSPS) is 10.7. The highest BCUT2D eigenvalue weighted by atomic mass is 16.6. The van der Waals surface area contributed by atoms with E-state index in [0.717, 1.165) is 11.8 Å². The summed E-state index contributed by atoms with van der Waals surface area (Å²) in [6.07, 6.45) is 3.32. The number of hydrazone groups is 1. The fraction of sp³-hybridized carbons (Fsp3) is 0.0833. The predicted octanol–water partition coefficient (Wildman–Crippen LogP) is 2.29. The molecule has 0 amide bonds. The minimum atomic E-state index is -0.701. The van der Waals surface area contributed by atoms with Gasteiger partial charge in [-0.1, -0.05) is 0 Å². The van der Waals surface area contributed by atoms with Crippen molar-refractivity contribution in [2.24, 2.45) is 12.1 Å². The van der Waals surface area contributed by atoms with Crippen LogP contribution in [0, 0.1) is 20.2 Å². The number of non-ortho nitro benzene ring substituents is 1.